The molecular weight excluding hydrogens is 298 g/mol. The smallest absolute Gasteiger partial charge is 0.224 e. The lowest BCUT2D eigenvalue weighted by atomic mass is 9.83. The molecule has 0 radical (unpaired) electrons. The molecule has 1 heterocycles. The number of amides is 1. The van der Waals surface area contributed by atoms with E-state index in [1.165, 1.54) is 11.8 Å². The van der Waals surface area contributed by atoms with E-state index in [0.29, 0.717) is 6.54 Å². The van der Waals surface area contributed by atoms with E-state index < -0.39 is 0 Å². The maximum atomic E-state index is 12.6. The molecule has 1 saturated carbocycles. The van der Waals surface area contributed by atoms with Gasteiger partial charge < -0.3 is 10.6 Å². The average molecular weight is 323 g/mol. The van der Waals surface area contributed by atoms with Crippen LogP contribution in [0.3, 0.4) is 0 Å². The summed E-state index contributed by atoms with van der Waals surface area (Å²) in [5, 5.41) is 6.56. The maximum absolute atomic E-state index is 12.6. The molecule has 122 valence electrons. The number of carbonyl (C=O) groups excluding carboxylic acids is 2. The summed E-state index contributed by atoms with van der Waals surface area (Å²) in [5.41, 5.74) is 0. The highest BCUT2D eigenvalue weighted by atomic mass is 32.2. The van der Waals surface area contributed by atoms with Crippen molar-refractivity contribution in [1.82, 2.24) is 15.5 Å². The predicted octanol–water partition coefficient (Wildman–Crippen LogP) is 0.336. The molecule has 0 aromatic carbocycles. The van der Waals surface area contributed by atoms with Gasteiger partial charge in [-0.25, -0.2) is 0 Å². The molecule has 1 amide bonds. The van der Waals surface area contributed by atoms with E-state index in [1.807, 2.05) is 6.26 Å². The SMILES string of the molecule is CSC(=O)C1C2C=CC(C2)C1C(=O)NCCN1CCNCC1. The van der Waals surface area contributed by atoms with Gasteiger partial charge in [0.15, 0.2) is 5.12 Å². The number of piperazine rings is 1. The molecule has 0 aromatic rings. The van der Waals surface area contributed by atoms with Gasteiger partial charge in [0.2, 0.25) is 5.91 Å². The van der Waals surface area contributed by atoms with Crippen molar-refractivity contribution in [2.45, 2.75) is 6.42 Å². The quantitative estimate of drug-likeness (QED) is 0.714. The van der Waals surface area contributed by atoms with Crippen molar-refractivity contribution >= 4 is 22.8 Å². The second-order valence-electron chi connectivity index (χ2n) is 6.41. The lowest BCUT2D eigenvalue weighted by Crippen LogP contribution is -2.47. The number of nitrogens with one attached hydrogen (secondary N) is 2. The summed E-state index contributed by atoms with van der Waals surface area (Å²) in [6, 6.07) is 0. The molecule has 0 spiro atoms. The van der Waals surface area contributed by atoms with Gasteiger partial charge in [-0.3, -0.25) is 14.5 Å². The minimum atomic E-state index is -0.155. The van der Waals surface area contributed by atoms with Gasteiger partial charge in [0.05, 0.1) is 5.92 Å². The molecule has 4 unspecified atom stereocenters. The van der Waals surface area contributed by atoms with Crippen LogP contribution in [0.2, 0.25) is 0 Å². The van der Waals surface area contributed by atoms with E-state index in [2.05, 4.69) is 27.7 Å². The molecule has 1 saturated heterocycles. The van der Waals surface area contributed by atoms with Crippen LogP contribution >= 0.6 is 11.8 Å². The number of thioether (sulfide) groups is 1. The van der Waals surface area contributed by atoms with Crippen molar-refractivity contribution in [3.05, 3.63) is 12.2 Å². The summed E-state index contributed by atoms with van der Waals surface area (Å²) in [6.45, 7) is 5.70. The van der Waals surface area contributed by atoms with Crippen LogP contribution in [0.25, 0.3) is 0 Å². The predicted molar refractivity (Wildman–Crippen MR) is 88.6 cm³/mol. The zero-order chi connectivity index (χ0) is 15.5. The highest BCUT2D eigenvalue weighted by Gasteiger charge is 2.50. The fraction of sp³-hybridized carbons (Fsp3) is 0.750. The minimum Gasteiger partial charge on any atom is -0.355 e. The highest BCUT2D eigenvalue weighted by molar-refractivity contribution is 8.13. The van der Waals surface area contributed by atoms with Gasteiger partial charge in [0.25, 0.3) is 0 Å². The Kier molecular flexibility index (Phi) is 5.21. The summed E-state index contributed by atoms with van der Waals surface area (Å²) < 4.78 is 0. The lowest BCUT2D eigenvalue weighted by molar-refractivity contribution is -0.130. The first kappa shape index (κ1) is 16.0. The maximum Gasteiger partial charge on any atom is 0.224 e. The third kappa shape index (κ3) is 3.24. The topological polar surface area (TPSA) is 61.4 Å². The van der Waals surface area contributed by atoms with Crippen LogP contribution in [-0.2, 0) is 9.59 Å². The van der Waals surface area contributed by atoms with E-state index >= 15 is 0 Å². The van der Waals surface area contributed by atoms with Crippen LogP contribution in [0.15, 0.2) is 12.2 Å². The number of rotatable bonds is 5. The number of allylic oxidation sites excluding steroid dienone is 2. The lowest BCUT2D eigenvalue weighted by Gasteiger charge is -2.28. The highest BCUT2D eigenvalue weighted by Crippen LogP contribution is 2.49. The molecule has 1 aliphatic heterocycles. The normalized spacial score (nSPS) is 34.0. The van der Waals surface area contributed by atoms with Crippen LogP contribution in [-0.4, -0.2) is 61.4 Å². The fourth-order valence-electron chi connectivity index (χ4n) is 4.03. The fourth-order valence-corrected chi connectivity index (χ4v) is 4.62. The number of carbonyl (C=O) groups is 2. The zero-order valence-corrected chi connectivity index (χ0v) is 13.9. The van der Waals surface area contributed by atoms with Crippen molar-refractivity contribution in [1.29, 1.82) is 0 Å². The zero-order valence-electron chi connectivity index (χ0n) is 13.1. The Labute approximate surface area is 136 Å². The number of hydrogen-bond donors (Lipinski definition) is 2. The van der Waals surface area contributed by atoms with Crippen LogP contribution in [0.1, 0.15) is 6.42 Å². The van der Waals surface area contributed by atoms with E-state index in [9.17, 15) is 9.59 Å². The van der Waals surface area contributed by atoms with E-state index in [0.717, 1.165) is 39.1 Å². The summed E-state index contributed by atoms with van der Waals surface area (Å²) in [5.74, 6) is 0.320. The van der Waals surface area contributed by atoms with Crippen molar-refractivity contribution in [3.63, 3.8) is 0 Å². The van der Waals surface area contributed by atoms with Gasteiger partial charge >= 0.3 is 0 Å². The van der Waals surface area contributed by atoms with Gasteiger partial charge in [0.1, 0.15) is 0 Å². The van der Waals surface area contributed by atoms with Crippen LogP contribution < -0.4 is 10.6 Å². The first-order chi connectivity index (χ1) is 10.7. The molecule has 0 aromatic heterocycles. The molecule has 22 heavy (non-hydrogen) atoms. The van der Waals surface area contributed by atoms with Crippen LogP contribution in [0.4, 0.5) is 0 Å². The Bertz CT molecular complexity index is 462. The minimum absolute atomic E-state index is 0.0689. The largest absolute Gasteiger partial charge is 0.355 e. The Morgan fingerprint density at radius 1 is 1.23 bits per heavy atom. The Morgan fingerprint density at radius 3 is 2.59 bits per heavy atom. The Morgan fingerprint density at radius 2 is 1.91 bits per heavy atom. The van der Waals surface area contributed by atoms with Crippen molar-refractivity contribution < 1.29 is 9.59 Å². The van der Waals surface area contributed by atoms with Gasteiger partial charge in [-0.1, -0.05) is 23.9 Å². The third-order valence-corrected chi connectivity index (χ3v) is 5.85. The summed E-state index contributed by atoms with van der Waals surface area (Å²) in [4.78, 5) is 27.1. The molecule has 2 aliphatic carbocycles. The standard InChI is InChI=1S/C16H25N3O2S/c1-22-16(21)14-12-3-2-11(10-12)13(14)15(20)18-6-9-19-7-4-17-5-8-19/h2-3,11-14,17H,4-10H2,1H3,(H,18,20). The number of nitrogens with zero attached hydrogens (tertiary/aromatic N) is 1. The first-order valence-corrected chi connectivity index (χ1v) is 9.40. The average Bonchev–Trinajstić information content (AvgIpc) is 3.16. The van der Waals surface area contributed by atoms with Gasteiger partial charge in [-0.15, -0.1) is 0 Å². The summed E-state index contributed by atoms with van der Waals surface area (Å²) >= 11 is 1.26. The van der Waals surface area contributed by atoms with Gasteiger partial charge in [-0.05, 0) is 24.5 Å². The molecule has 3 aliphatic rings. The molecule has 3 rings (SSSR count). The molecule has 2 fully saturated rings. The second kappa shape index (κ2) is 7.15. The van der Waals surface area contributed by atoms with Gasteiger partial charge in [0, 0.05) is 45.2 Å². The van der Waals surface area contributed by atoms with Gasteiger partial charge in [-0.2, -0.15) is 0 Å². The second-order valence-corrected chi connectivity index (χ2v) is 7.22. The molecule has 6 heteroatoms. The monoisotopic (exact) mass is 323 g/mol. The van der Waals surface area contributed by atoms with Crippen molar-refractivity contribution in [2.75, 3.05) is 45.5 Å². The molecule has 2 bridgehead atoms. The summed E-state index contributed by atoms with van der Waals surface area (Å²) in [6.07, 6.45) is 7.05. The van der Waals surface area contributed by atoms with E-state index in [1.54, 1.807) is 0 Å². The van der Waals surface area contributed by atoms with Crippen LogP contribution in [0.5, 0.6) is 0 Å². The first-order valence-electron chi connectivity index (χ1n) is 8.17. The third-order valence-electron chi connectivity index (χ3n) is 5.17. The van der Waals surface area contributed by atoms with Crippen LogP contribution in [0, 0.1) is 23.7 Å². The molecule has 2 N–H and O–H groups in total. The molecule has 4 atom stereocenters. The van der Waals surface area contributed by atoms with E-state index in [4.69, 9.17) is 0 Å². The van der Waals surface area contributed by atoms with Crippen molar-refractivity contribution in [3.8, 4) is 0 Å². The Hall–Kier alpha value is -0.850. The van der Waals surface area contributed by atoms with Crippen molar-refractivity contribution in [2.24, 2.45) is 23.7 Å². The summed E-state index contributed by atoms with van der Waals surface area (Å²) in [7, 11) is 0. The molecular formula is C16H25N3O2S. The number of fused-ring (bicyclic) bond motifs is 2. The number of hydrogen-bond acceptors (Lipinski definition) is 5. The van der Waals surface area contributed by atoms with E-state index in [-0.39, 0.29) is 34.7 Å². The molecule has 5 nitrogen and oxygen atoms in total. The Balaban J connectivity index is 1.52.